The van der Waals surface area contributed by atoms with Crippen molar-refractivity contribution in [1.29, 1.82) is 0 Å². The average molecular weight is 379 g/mol. The van der Waals surface area contributed by atoms with Crippen LogP contribution in [-0.2, 0) is 11.3 Å². The molecule has 0 spiro atoms. The van der Waals surface area contributed by atoms with Gasteiger partial charge in [-0.25, -0.2) is 0 Å². The van der Waals surface area contributed by atoms with Gasteiger partial charge in [0.2, 0.25) is 11.7 Å². The fourth-order valence-corrected chi connectivity index (χ4v) is 2.85. The molecule has 1 atom stereocenters. The number of carbonyl (C=O) groups is 1. The van der Waals surface area contributed by atoms with Crippen LogP contribution in [0.3, 0.4) is 0 Å². The molecule has 2 aromatic carbocycles. The predicted molar refractivity (Wildman–Crippen MR) is 107 cm³/mol. The van der Waals surface area contributed by atoms with Gasteiger partial charge < -0.3 is 14.2 Å². The Bertz CT molecular complexity index is 922. The van der Waals surface area contributed by atoms with Crippen LogP contribution in [0.25, 0.3) is 11.4 Å². The molecule has 28 heavy (non-hydrogen) atoms. The summed E-state index contributed by atoms with van der Waals surface area (Å²) < 4.78 is 11.3. The van der Waals surface area contributed by atoms with Gasteiger partial charge in [-0.3, -0.25) is 4.79 Å². The third-order valence-electron chi connectivity index (χ3n) is 4.46. The van der Waals surface area contributed by atoms with Crippen molar-refractivity contribution >= 4 is 5.91 Å². The summed E-state index contributed by atoms with van der Waals surface area (Å²) in [4.78, 5) is 19.1. The summed E-state index contributed by atoms with van der Waals surface area (Å²) in [5.41, 5.74) is 1.86. The molecule has 6 heteroatoms. The van der Waals surface area contributed by atoms with Crippen LogP contribution in [-0.4, -0.2) is 33.1 Å². The number of carbonyl (C=O) groups excluding carboxylic acids is 1. The fourth-order valence-electron chi connectivity index (χ4n) is 2.85. The van der Waals surface area contributed by atoms with Crippen LogP contribution in [0.2, 0.25) is 0 Å². The van der Waals surface area contributed by atoms with Crippen LogP contribution in [0.15, 0.2) is 59.1 Å². The summed E-state index contributed by atoms with van der Waals surface area (Å²) in [6.07, 6.45) is -0.625. The van der Waals surface area contributed by atoms with Crippen LogP contribution in [0, 0.1) is 6.92 Å². The number of hydrogen-bond acceptors (Lipinski definition) is 5. The van der Waals surface area contributed by atoms with E-state index < -0.39 is 6.10 Å². The van der Waals surface area contributed by atoms with Gasteiger partial charge in [0.05, 0.1) is 0 Å². The highest BCUT2D eigenvalue weighted by Gasteiger charge is 2.26. The van der Waals surface area contributed by atoms with Crippen molar-refractivity contribution in [3.63, 3.8) is 0 Å². The van der Waals surface area contributed by atoms with Gasteiger partial charge in [-0.15, -0.1) is 0 Å². The lowest BCUT2D eigenvalue weighted by Crippen LogP contribution is -2.44. The number of rotatable bonds is 7. The second kappa shape index (κ2) is 8.69. The Labute approximate surface area is 165 Å². The van der Waals surface area contributed by atoms with Gasteiger partial charge in [0, 0.05) is 11.6 Å². The summed E-state index contributed by atoms with van der Waals surface area (Å²) in [7, 11) is 0. The SMILES string of the molecule is Cc1ccccc1OC(C)C(=O)N(Cc1nc(-c2ccccc2)no1)C(C)C. The number of hydrogen-bond donors (Lipinski definition) is 0. The van der Waals surface area contributed by atoms with E-state index in [0.29, 0.717) is 17.5 Å². The minimum Gasteiger partial charge on any atom is -0.481 e. The van der Waals surface area contributed by atoms with E-state index in [2.05, 4.69) is 10.1 Å². The van der Waals surface area contributed by atoms with Crippen LogP contribution >= 0.6 is 0 Å². The summed E-state index contributed by atoms with van der Waals surface area (Å²) in [6.45, 7) is 7.85. The maximum absolute atomic E-state index is 13.0. The van der Waals surface area contributed by atoms with Gasteiger partial charge in [0.25, 0.3) is 5.91 Å². The Morgan fingerprint density at radius 1 is 1.07 bits per heavy atom. The molecule has 6 nitrogen and oxygen atoms in total. The second-order valence-corrected chi connectivity index (χ2v) is 6.96. The Morgan fingerprint density at radius 2 is 1.75 bits per heavy atom. The molecule has 1 aromatic heterocycles. The van der Waals surface area contributed by atoms with Crippen LogP contribution < -0.4 is 4.74 Å². The Hall–Kier alpha value is -3.15. The van der Waals surface area contributed by atoms with Gasteiger partial charge >= 0.3 is 0 Å². The maximum atomic E-state index is 13.0. The molecule has 0 fully saturated rings. The lowest BCUT2D eigenvalue weighted by molar-refractivity contribution is -0.140. The van der Waals surface area contributed by atoms with Gasteiger partial charge in [-0.2, -0.15) is 4.98 Å². The molecular weight excluding hydrogens is 354 g/mol. The van der Waals surface area contributed by atoms with Crippen molar-refractivity contribution in [1.82, 2.24) is 15.0 Å². The third kappa shape index (κ3) is 4.57. The molecule has 0 saturated carbocycles. The van der Waals surface area contributed by atoms with Crippen molar-refractivity contribution in [2.45, 2.75) is 46.4 Å². The number of aromatic nitrogens is 2. The number of nitrogens with zero attached hydrogens (tertiary/aromatic N) is 3. The van der Waals surface area contributed by atoms with Crippen molar-refractivity contribution in [2.24, 2.45) is 0 Å². The van der Waals surface area contributed by atoms with E-state index in [1.807, 2.05) is 75.4 Å². The van der Waals surface area contributed by atoms with Crippen molar-refractivity contribution in [3.8, 4) is 17.1 Å². The summed E-state index contributed by atoms with van der Waals surface area (Å²) >= 11 is 0. The number of para-hydroxylation sites is 1. The molecule has 0 N–H and O–H groups in total. The van der Waals surface area contributed by atoms with E-state index in [1.54, 1.807) is 11.8 Å². The molecular formula is C22H25N3O3. The van der Waals surface area contributed by atoms with E-state index in [4.69, 9.17) is 9.26 Å². The molecule has 0 radical (unpaired) electrons. The number of ether oxygens (including phenoxy) is 1. The van der Waals surface area contributed by atoms with Gasteiger partial charge in [-0.1, -0.05) is 53.7 Å². The highest BCUT2D eigenvalue weighted by atomic mass is 16.5. The molecule has 1 unspecified atom stereocenters. The van der Waals surface area contributed by atoms with Crippen LogP contribution in [0.5, 0.6) is 5.75 Å². The molecule has 0 aliphatic heterocycles. The van der Waals surface area contributed by atoms with Gasteiger partial charge in [-0.05, 0) is 39.3 Å². The van der Waals surface area contributed by atoms with E-state index in [1.165, 1.54) is 0 Å². The van der Waals surface area contributed by atoms with Crippen LogP contribution in [0.4, 0.5) is 0 Å². The molecule has 0 aliphatic carbocycles. The molecule has 146 valence electrons. The summed E-state index contributed by atoms with van der Waals surface area (Å²) in [5.74, 6) is 1.48. The van der Waals surface area contributed by atoms with E-state index in [0.717, 1.165) is 11.1 Å². The molecule has 0 bridgehead atoms. The van der Waals surface area contributed by atoms with Gasteiger partial charge in [0.15, 0.2) is 6.10 Å². The highest BCUT2D eigenvalue weighted by Crippen LogP contribution is 2.20. The summed E-state index contributed by atoms with van der Waals surface area (Å²) in [6, 6.07) is 17.2. The van der Waals surface area contributed by atoms with E-state index in [-0.39, 0.29) is 18.5 Å². The number of amides is 1. The lowest BCUT2D eigenvalue weighted by atomic mass is 10.2. The highest BCUT2D eigenvalue weighted by molar-refractivity contribution is 5.81. The Kier molecular flexibility index (Phi) is 6.09. The Balaban J connectivity index is 1.72. The van der Waals surface area contributed by atoms with Gasteiger partial charge in [0.1, 0.15) is 12.3 Å². The first-order valence-electron chi connectivity index (χ1n) is 9.36. The summed E-state index contributed by atoms with van der Waals surface area (Å²) in [5, 5.41) is 4.03. The molecule has 1 amide bonds. The second-order valence-electron chi connectivity index (χ2n) is 6.96. The first-order chi connectivity index (χ1) is 13.5. The normalized spacial score (nSPS) is 12.0. The largest absolute Gasteiger partial charge is 0.481 e. The maximum Gasteiger partial charge on any atom is 0.264 e. The third-order valence-corrected chi connectivity index (χ3v) is 4.46. The number of aryl methyl sites for hydroxylation is 1. The van der Waals surface area contributed by atoms with Crippen LogP contribution in [0.1, 0.15) is 32.2 Å². The fraction of sp³-hybridized carbons (Fsp3) is 0.318. The zero-order valence-electron chi connectivity index (χ0n) is 16.6. The Morgan fingerprint density at radius 3 is 2.43 bits per heavy atom. The molecule has 3 aromatic rings. The minimum atomic E-state index is -0.625. The predicted octanol–water partition coefficient (Wildman–Crippen LogP) is 4.25. The van der Waals surface area contributed by atoms with Crippen molar-refractivity contribution in [3.05, 3.63) is 66.1 Å². The van der Waals surface area contributed by atoms with E-state index in [9.17, 15) is 4.79 Å². The lowest BCUT2D eigenvalue weighted by Gasteiger charge is -2.28. The van der Waals surface area contributed by atoms with Crippen molar-refractivity contribution < 1.29 is 14.1 Å². The first-order valence-corrected chi connectivity index (χ1v) is 9.36. The topological polar surface area (TPSA) is 68.5 Å². The molecule has 1 heterocycles. The van der Waals surface area contributed by atoms with E-state index >= 15 is 0 Å². The molecule has 0 aliphatic rings. The zero-order valence-corrected chi connectivity index (χ0v) is 16.6. The average Bonchev–Trinajstić information content (AvgIpc) is 3.16. The first kappa shape index (κ1) is 19.6. The zero-order chi connectivity index (χ0) is 20.1. The number of benzene rings is 2. The quantitative estimate of drug-likeness (QED) is 0.614. The smallest absolute Gasteiger partial charge is 0.264 e. The van der Waals surface area contributed by atoms with Crippen molar-refractivity contribution in [2.75, 3.05) is 0 Å². The molecule has 3 rings (SSSR count). The minimum absolute atomic E-state index is 0.0394. The molecule has 0 saturated heterocycles. The monoisotopic (exact) mass is 379 g/mol. The standard InChI is InChI=1S/C22H25N3O3/c1-15(2)25(22(26)17(4)27-19-13-9-8-10-16(19)3)14-20-23-21(24-28-20)18-11-6-5-7-12-18/h5-13,15,17H,14H2,1-4H3.